The first-order chi connectivity index (χ1) is 17.0. The Morgan fingerprint density at radius 1 is 1.06 bits per heavy atom. The molecular formula is C24H32F3N3O5S. The molecule has 0 radical (unpaired) electrons. The molecule has 1 amide bonds. The standard InChI is InChI=1S/C24H32F3N3O5S/c1-35-22(31)10-9-21-16-29(36(33,34)30(21)19-5-3-2-4-6-19)20-8-7-17-11-13-28(14-12-18(17)15-20)23(32)24(25,26)27/h7-8,15,19,21H,2-6,9-14,16H2,1H3. The predicted octanol–water partition coefficient (Wildman–Crippen LogP) is 3.20. The Hall–Kier alpha value is -2.34. The minimum absolute atomic E-state index is 0.0439. The first kappa shape index (κ1) is 26.7. The van der Waals surface area contributed by atoms with E-state index in [0.29, 0.717) is 12.1 Å². The summed E-state index contributed by atoms with van der Waals surface area (Å²) in [6.07, 6.45) is 0.520. The molecule has 1 aromatic rings. The van der Waals surface area contributed by atoms with Crippen LogP contribution in [0.1, 0.15) is 56.1 Å². The van der Waals surface area contributed by atoms with Gasteiger partial charge >= 0.3 is 28.3 Å². The van der Waals surface area contributed by atoms with Crippen molar-refractivity contribution in [1.82, 2.24) is 9.21 Å². The number of amides is 1. The molecule has 0 aromatic heterocycles. The Balaban J connectivity index is 1.58. The molecule has 1 unspecified atom stereocenters. The lowest BCUT2D eigenvalue weighted by Crippen LogP contribution is -2.44. The molecule has 2 heterocycles. The molecule has 3 aliphatic rings. The highest BCUT2D eigenvalue weighted by molar-refractivity contribution is 7.90. The molecule has 36 heavy (non-hydrogen) atoms. The van der Waals surface area contributed by atoms with Crippen LogP contribution < -0.4 is 4.31 Å². The second-order valence-electron chi connectivity index (χ2n) is 9.67. The molecule has 1 aromatic carbocycles. The maximum atomic E-state index is 13.8. The summed E-state index contributed by atoms with van der Waals surface area (Å²) in [5.41, 5.74) is 1.99. The Kier molecular flexibility index (Phi) is 7.84. The van der Waals surface area contributed by atoms with E-state index in [4.69, 9.17) is 4.74 Å². The van der Waals surface area contributed by atoms with Crippen molar-refractivity contribution in [2.75, 3.05) is 31.0 Å². The van der Waals surface area contributed by atoms with Gasteiger partial charge in [-0.3, -0.25) is 13.9 Å². The van der Waals surface area contributed by atoms with Crippen LogP contribution in [0.3, 0.4) is 0 Å². The van der Waals surface area contributed by atoms with Gasteiger partial charge in [-0.2, -0.15) is 25.9 Å². The van der Waals surface area contributed by atoms with E-state index in [9.17, 15) is 31.2 Å². The number of hydrogen-bond donors (Lipinski definition) is 0. The van der Waals surface area contributed by atoms with Gasteiger partial charge < -0.3 is 9.64 Å². The fourth-order valence-electron chi connectivity index (χ4n) is 5.58. The lowest BCUT2D eigenvalue weighted by atomic mass is 9.94. The maximum absolute atomic E-state index is 13.8. The van der Waals surface area contributed by atoms with Crippen LogP contribution in [0.4, 0.5) is 18.9 Å². The third-order valence-electron chi connectivity index (χ3n) is 7.43. The maximum Gasteiger partial charge on any atom is 0.471 e. The zero-order chi connectivity index (χ0) is 26.1. The quantitative estimate of drug-likeness (QED) is 0.545. The van der Waals surface area contributed by atoms with Crippen molar-refractivity contribution in [3.05, 3.63) is 29.3 Å². The second-order valence-corrected chi connectivity index (χ2v) is 11.4. The highest BCUT2D eigenvalue weighted by Gasteiger charge is 2.48. The summed E-state index contributed by atoms with van der Waals surface area (Å²) < 4.78 is 73.9. The van der Waals surface area contributed by atoms with Crippen molar-refractivity contribution in [3.63, 3.8) is 0 Å². The normalized spacial score (nSPS) is 23.3. The van der Waals surface area contributed by atoms with E-state index >= 15 is 0 Å². The molecule has 1 saturated heterocycles. The second kappa shape index (κ2) is 10.6. The van der Waals surface area contributed by atoms with Crippen molar-refractivity contribution in [1.29, 1.82) is 0 Å². The van der Waals surface area contributed by atoms with Crippen molar-refractivity contribution in [3.8, 4) is 0 Å². The van der Waals surface area contributed by atoms with Crippen LogP contribution in [0.25, 0.3) is 0 Å². The first-order valence-corrected chi connectivity index (χ1v) is 13.8. The number of fused-ring (bicyclic) bond motifs is 1. The van der Waals surface area contributed by atoms with Gasteiger partial charge in [0.25, 0.3) is 0 Å². The summed E-state index contributed by atoms with van der Waals surface area (Å²) in [5.74, 6) is -2.24. The van der Waals surface area contributed by atoms with Gasteiger partial charge in [0, 0.05) is 31.6 Å². The smallest absolute Gasteiger partial charge is 0.469 e. The summed E-state index contributed by atoms with van der Waals surface area (Å²) in [6, 6.07) is 4.64. The van der Waals surface area contributed by atoms with Gasteiger partial charge in [-0.15, -0.1) is 0 Å². The Bertz CT molecular complexity index is 1090. The Labute approximate surface area is 209 Å². The number of anilines is 1. The monoisotopic (exact) mass is 531 g/mol. The van der Waals surface area contributed by atoms with E-state index in [1.54, 1.807) is 22.5 Å². The van der Waals surface area contributed by atoms with E-state index in [-0.39, 0.29) is 51.0 Å². The molecule has 0 bridgehead atoms. The van der Waals surface area contributed by atoms with Gasteiger partial charge in [0.05, 0.1) is 19.3 Å². The number of halogens is 3. The number of nitrogens with zero attached hydrogens (tertiary/aromatic N) is 3. The molecule has 2 fully saturated rings. The fraction of sp³-hybridized carbons (Fsp3) is 0.667. The number of rotatable bonds is 5. The van der Waals surface area contributed by atoms with Gasteiger partial charge in [0.1, 0.15) is 0 Å². The van der Waals surface area contributed by atoms with E-state index in [1.165, 1.54) is 11.4 Å². The predicted molar refractivity (Wildman–Crippen MR) is 127 cm³/mol. The molecular weight excluding hydrogens is 499 g/mol. The first-order valence-electron chi connectivity index (χ1n) is 12.4. The molecule has 1 saturated carbocycles. The van der Waals surface area contributed by atoms with Crippen LogP contribution in [0.5, 0.6) is 0 Å². The number of alkyl halides is 3. The van der Waals surface area contributed by atoms with Crippen LogP contribution in [0, 0.1) is 0 Å². The largest absolute Gasteiger partial charge is 0.471 e. The number of ether oxygens (including phenoxy) is 1. The average Bonchev–Trinajstić information content (AvgIpc) is 2.97. The number of hydrogen-bond acceptors (Lipinski definition) is 5. The SMILES string of the molecule is COC(=O)CCC1CN(c2ccc3c(c2)CCN(C(=O)C(F)(F)F)CC3)S(=O)(=O)N1C1CCCCC1. The summed E-state index contributed by atoms with van der Waals surface area (Å²) >= 11 is 0. The van der Waals surface area contributed by atoms with Gasteiger partial charge in [-0.25, -0.2) is 0 Å². The molecule has 8 nitrogen and oxygen atoms in total. The Morgan fingerprint density at radius 3 is 2.36 bits per heavy atom. The summed E-state index contributed by atoms with van der Waals surface area (Å²) in [5, 5.41) is 0. The van der Waals surface area contributed by atoms with Gasteiger partial charge in [-0.1, -0.05) is 25.3 Å². The molecule has 4 rings (SSSR count). The zero-order valence-corrected chi connectivity index (χ0v) is 21.1. The van der Waals surface area contributed by atoms with E-state index in [0.717, 1.165) is 48.1 Å². The lowest BCUT2D eigenvalue weighted by Gasteiger charge is -2.33. The number of carbonyl (C=O) groups excluding carboxylic acids is 2. The minimum Gasteiger partial charge on any atom is -0.469 e. The van der Waals surface area contributed by atoms with Crippen LogP contribution in [-0.2, 0) is 37.4 Å². The molecule has 1 aliphatic carbocycles. The molecule has 0 spiro atoms. The van der Waals surface area contributed by atoms with E-state index in [1.807, 2.05) is 0 Å². The summed E-state index contributed by atoms with van der Waals surface area (Å²) in [4.78, 5) is 24.3. The van der Waals surface area contributed by atoms with Crippen LogP contribution in [0.2, 0.25) is 0 Å². The molecule has 12 heteroatoms. The summed E-state index contributed by atoms with van der Waals surface area (Å²) in [7, 11) is -2.56. The van der Waals surface area contributed by atoms with Crippen LogP contribution in [0.15, 0.2) is 18.2 Å². The average molecular weight is 532 g/mol. The van der Waals surface area contributed by atoms with Crippen molar-refractivity contribution >= 4 is 27.8 Å². The fourth-order valence-corrected chi connectivity index (χ4v) is 7.69. The highest BCUT2D eigenvalue weighted by Crippen LogP contribution is 2.37. The van der Waals surface area contributed by atoms with Crippen LogP contribution in [-0.4, -0.2) is 74.5 Å². The van der Waals surface area contributed by atoms with Gasteiger partial charge in [0.15, 0.2) is 0 Å². The van der Waals surface area contributed by atoms with Gasteiger partial charge in [-0.05, 0) is 55.4 Å². The third-order valence-corrected chi connectivity index (χ3v) is 9.48. The Morgan fingerprint density at radius 2 is 1.72 bits per heavy atom. The molecule has 0 N–H and O–H groups in total. The van der Waals surface area contributed by atoms with E-state index in [2.05, 4.69) is 0 Å². The van der Waals surface area contributed by atoms with Crippen LogP contribution >= 0.6 is 0 Å². The zero-order valence-electron chi connectivity index (χ0n) is 20.3. The number of carbonyl (C=O) groups is 2. The molecule has 2 aliphatic heterocycles. The lowest BCUT2D eigenvalue weighted by molar-refractivity contribution is -0.185. The van der Waals surface area contributed by atoms with Crippen molar-refractivity contribution < 1.29 is 35.9 Å². The molecule has 1 atom stereocenters. The summed E-state index contributed by atoms with van der Waals surface area (Å²) in [6.45, 7) is 0.0581. The molecule has 200 valence electrons. The van der Waals surface area contributed by atoms with E-state index < -0.39 is 28.3 Å². The van der Waals surface area contributed by atoms with Crippen molar-refractivity contribution in [2.24, 2.45) is 0 Å². The third kappa shape index (κ3) is 5.49. The number of methoxy groups -OCH3 is 1. The number of benzene rings is 1. The highest BCUT2D eigenvalue weighted by atomic mass is 32.2. The van der Waals surface area contributed by atoms with Crippen molar-refractivity contribution in [2.45, 2.75) is 76.0 Å². The topological polar surface area (TPSA) is 87.2 Å². The number of esters is 1. The minimum atomic E-state index is -4.92. The van der Waals surface area contributed by atoms with Gasteiger partial charge in [0.2, 0.25) is 0 Å².